The number of ether oxygens (including phenoxy) is 2. The fourth-order valence-electron chi connectivity index (χ4n) is 2.72. The zero-order chi connectivity index (χ0) is 19.8. The first-order valence-electron chi connectivity index (χ1n) is 11.2. The highest BCUT2D eigenvalue weighted by molar-refractivity contribution is 4.82. The van der Waals surface area contributed by atoms with Crippen LogP contribution in [-0.2, 0) is 9.47 Å². The summed E-state index contributed by atoms with van der Waals surface area (Å²) in [5, 5.41) is 8.80. The zero-order valence-electron chi connectivity index (χ0n) is 18.0. The monoisotopic (exact) mass is 377 g/mol. The van der Waals surface area contributed by atoms with Crippen LogP contribution in [0, 0.1) is 11.3 Å². The summed E-state index contributed by atoms with van der Waals surface area (Å²) in [5.41, 5.74) is 0. The lowest BCUT2D eigenvalue weighted by molar-refractivity contribution is -0.145. The van der Waals surface area contributed by atoms with Crippen molar-refractivity contribution in [2.24, 2.45) is 0 Å². The van der Waals surface area contributed by atoms with E-state index in [9.17, 15) is 0 Å². The van der Waals surface area contributed by atoms with Crippen LogP contribution < -0.4 is 0 Å². The third kappa shape index (κ3) is 21.1. The molecule has 0 spiro atoms. The van der Waals surface area contributed by atoms with Crippen molar-refractivity contribution < 1.29 is 9.47 Å². The second-order valence-electron chi connectivity index (χ2n) is 7.09. The Morgan fingerprint density at radius 3 is 1.56 bits per heavy atom. The van der Waals surface area contributed by atoms with Crippen LogP contribution in [0.1, 0.15) is 104 Å². The quantitative estimate of drug-likeness (QED) is 0.125. The third-order valence-corrected chi connectivity index (χ3v) is 4.41. The molecule has 3 nitrogen and oxygen atoms in total. The summed E-state index contributed by atoms with van der Waals surface area (Å²) in [5.74, 6) is 0. The van der Waals surface area contributed by atoms with Gasteiger partial charge in [0.25, 0.3) is 0 Å². The van der Waals surface area contributed by atoms with Crippen LogP contribution in [0.2, 0.25) is 0 Å². The largest absolute Gasteiger partial charge is 0.353 e. The number of unbranched alkanes of at least 4 members (excludes halogenated alkanes) is 8. The minimum atomic E-state index is -0.230. The molecule has 0 aromatic carbocycles. The lowest BCUT2D eigenvalue weighted by Gasteiger charge is -2.17. The van der Waals surface area contributed by atoms with Crippen molar-refractivity contribution in [1.82, 2.24) is 0 Å². The molecule has 0 aromatic heterocycles. The van der Waals surface area contributed by atoms with Gasteiger partial charge in [-0.1, -0.05) is 63.8 Å². The summed E-state index contributed by atoms with van der Waals surface area (Å²) in [6, 6.07) is 2.19. The maximum atomic E-state index is 8.80. The molecule has 0 atom stereocenters. The van der Waals surface area contributed by atoms with E-state index in [1.54, 1.807) is 0 Å². The average Bonchev–Trinajstić information content (AvgIpc) is 2.68. The lowest BCUT2D eigenvalue weighted by Crippen LogP contribution is -2.18. The first-order chi connectivity index (χ1) is 13.3. The molecule has 0 aliphatic carbocycles. The topological polar surface area (TPSA) is 42.2 Å². The molecule has 0 saturated carbocycles. The molecule has 0 N–H and O–H groups in total. The van der Waals surface area contributed by atoms with E-state index >= 15 is 0 Å². The molecule has 0 amide bonds. The highest BCUT2D eigenvalue weighted by atomic mass is 16.7. The molecule has 0 heterocycles. The highest BCUT2D eigenvalue weighted by Crippen LogP contribution is 2.08. The Labute approximate surface area is 168 Å². The van der Waals surface area contributed by atoms with Crippen molar-refractivity contribution >= 4 is 0 Å². The van der Waals surface area contributed by atoms with E-state index in [4.69, 9.17) is 14.7 Å². The third-order valence-electron chi connectivity index (χ3n) is 4.41. The first kappa shape index (κ1) is 25.9. The van der Waals surface area contributed by atoms with Gasteiger partial charge in [0, 0.05) is 12.8 Å². The zero-order valence-corrected chi connectivity index (χ0v) is 18.0. The fourth-order valence-corrected chi connectivity index (χ4v) is 2.72. The predicted octanol–water partition coefficient (Wildman–Crippen LogP) is 7.48. The van der Waals surface area contributed by atoms with E-state index in [1.807, 2.05) is 0 Å². The van der Waals surface area contributed by atoms with E-state index in [0.29, 0.717) is 26.1 Å². The summed E-state index contributed by atoms with van der Waals surface area (Å²) in [6.45, 7) is 5.87. The van der Waals surface area contributed by atoms with Crippen molar-refractivity contribution in [3.8, 4) is 6.07 Å². The van der Waals surface area contributed by atoms with Crippen molar-refractivity contribution in [2.45, 2.75) is 110 Å². The van der Waals surface area contributed by atoms with Crippen LogP contribution in [0.5, 0.6) is 0 Å². The molecule has 27 heavy (non-hydrogen) atoms. The van der Waals surface area contributed by atoms with Crippen LogP contribution in [0.4, 0.5) is 0 Å². The summed E-state index contributed by atoms with van der Waals surface area (Å²) < 4.78 is 11.7. The van der Waals surface area contributed by atoms with E-state index in [-0.39, 0.29) is 6.29 Å². The molecule has 3 heteroatoms. The van der Waals surface area contributed by atoms with E-state index in [2.05, 4.69) is 44.2 Å². The summed E-state index contributed by atoms with van der Waals surface area (Å²) >= 11 is 0. The molecule has 156 valence electrons. The van der Waals surface area contributed by atoms with Gasteiger partial charge >= 0.3 is 0 Å². The van der Waals surface area contributed by atoms with Crippen LogP contribution in [-0.4, -0.2) is 19.5 Å². The van der Waals surface area contributed by atoms with Crippen LogP contribution in [0.15, 0.2) is 24.3 Å². The average molecular weight is 378 g/mol. The summed E-state index contributed by atoms with van der Waals surface area (Å²) in [6.07, 6.45) is 24.3. The van der Waals surface area contributed by atoms with Gasteiger partial charge < -0.3 is 9.47 Å². The predicted molar refractivity (Wildman–Crippen MR) is 116 cm³/mol. The smallest absolute Gasteiger partial charge is 0.158 e. The van der Waals surface area contributed by atoms with Gasteiger partial charge in [-0.2, -0.15) is 5.26 Å². The van der Waals surface area contributed by atoms with Gasteiger partial charge in [-0.05, 0) is 51.4 Å². The van der Waals surface area contributed by atoms with Gasteiger partial charge in [0.05, 0.1) is 19.3 Å². The lowest BCUT2D eigenvalue weighted by atomic mass is 10.2. The van der Waals surface area contributed by atoms with Crippen molar-refractivity contribution in [2.75, 3.05) is 13.2 Å². The Hall–Kier alpha value is -1.11. The molecule has 0 radical (unpaired) electrons. The van der Waals surface area contributed by atoms with Crippen molar-refractivity contribution in [3.63, 3.8) is 0 Å². The number of rotatable bonds is 20. The minimum absolute atomic E-state index is 0.230. The normalized spacial score (nSPS) is 11.8. The number of nitrogens with zero attached hydrogens (tertiary/aromatic N) is 1. The molecule has 0 aromatic rings. The summed E-state index contributed by atoms with van der Waals surface area (Å²) in [4.78, 5) is 0. The number of nitriles is 1. The Balaban J connectivity index is 3.71. The van der Waals surface area contributed by atoms with Crippen molar-refractivity contribution in [3.05, 3.63) is 24.3 Å². The van der Waals surface area contributed by atoms with Crippen molar-refractivity contribution in [1.29, 1.82) is 5.26 Å². The number of hydrogen-bond donors (Lipinski definition) is 0. The Morgan fingerprint density at radius 1 is 0.704 bits per heavy atom. The molecule has 0 rings (SSSR count). The molecule has 0 aliphatic heterocycles. The molecule has 0 aliphatic rings. The highest BCUT2D eigenvalue weighted by Gasteiger charge is 2.08. The SMILES string of the molecule is CCCCC/C=C\CCCOC(CCC#N)OCCC/C=C\CCCCC. The summed E-state index contributed by atoms with van der Waals surface area (Å²) in [7, 11) is 0. The van der Waals surface area contributed by atoms with Gasteiger partial charge in [-0.3, -0.25) is 0 Å². The van der Waals surface area contributed by atoms with E-state index in [1.165, 1.54) is 51.4 Å². The molecule has 0 fully saturated rings. The molecule has 0 bridgehead atoms. The second-order valence-corrected chi connectivity index (χ2v) is 7.09. The molecular formula is C24H43NO2. The fraction of sp³-hybridized carbons (Fsp3) is 0.792. The van der Waals surface area contributed by atoms with E-state index in [0.717, 1.165) is 25.7 Å². The van der Waals surface area contributed by atoms with Gasteiger partial charge in [0.15, 0.2) is 6.29 Å². The number of hydrogen-bond acceptors (Lipinski definition) is 3. The van der Waals surface area contributed by atoms with Crippen LogP contribution >= 0.6 is 0 Å². The molecule has 0 saturated heterocycles. The van der Waals surface area contributed by atoms with Gasteiger partial charge in [0.1, 0.15) is 0 Å². The Morgan fingerprint density at radius 2 is 1.15 bits per heavy atom. The molecular weight excluding hydrogens is 334 g/mol. The van der Waals surface area contributed by atoms with E-state index < -0.39 is 0 Å². The first-order valence-corrected chi connectivity index (χ1v) is 11.2. The van der Waals surface area contributed by atoms with Crippen LogP contribution in [0.3, 0.4) is 0 Å². The van der Waals surface area contributed by atoms with Crippen LogP contribution in [0.25, 0.3) is 0 Å². The molecule has 0 unspecified atom stereocenters. The minimum Gasteiger partial charge on any atom is -0.353 e. The standard InChI is InChI=1S/C24H43NO2/c1-3-5-7-9-11-13-15-17-22-26-24(20-19-21-25)27-23-18-16-14-12-10-8-6-4-2/h11-14,24H,3-10,15-20,22-23H2,1-2H3/b13-11-,14-12-. The number of allylic oxidation sites excluding steroid dienone is 4. The Bertz CT molecular complexity index is 356. The Kier molecular flexibility index (Phi) is 22.0. The maximum Gasteiger partial charge on any atom is 0.158 e. The van der Waals surface area contributed by atoms with Gasteiger partial charge in [-0.25, -0.2) is 0 Å². The second kappa shape index (κ2) is 22.9. The van der Waals surface area contributed by atoms with Gasteiger partial charge in [0.2, 0.25) is 0 Å². The van der Waals surface area contributed by atoms with Gasteiger partial charge in [-0.15, -0.1) is 0 Å². The maximum absolute atomic E-state index is 8.80.